The third-order valence-corrected chi connectivity index (χ3v) is 5.82. The van der Waals surface area contributed by atoms with Crippen molar-refractivity contribution < 1.29 is 19.4 Å². The van der Waals surface area contributed by atoms with E-state index >= 15 is 0 Å². The van der Waals surface area contributed by atoms with Gasteiger partial charge in [-0.05, 0) is 49.1 Å². The van der Waals surface area contributed by atoms with Gasteiger partial charge in [0.15, 0.2) is 5.54 Å². The standard InChI is InChI=1S/C25H30N2O4/c28-16-7-17-30-22-12-10-21(11-13-22)23-26-25(19-31-23,18-20-8-3-1-4-9-20)24(29)27-14-5-2-6-15-27/h1,3-4,8-13,28H,2,5-7,14-19H2/t25-/m1/s1. The lowest BCUT2D eigenvalue weighted by Gasteiger charge is -2.33. The first-order valence-electron chi connectivity index (χ1n) is 11.1. The zero-order valence-electron chi connectivity index (χ0n) is 17.8. The average molecular weight is 423 g/mol. The number of aliphatic imine (C=N–C) groups is 1. The van der Waals surface area contributed by atoms with Crippen molar-refractivity contribution in [3.05, 3.63) is 65.7 Å². The summed E-state index contributed by atoms with van der Waals surface area (Å²) in [5.74, 6) is 1.30. The summed E-state index contributed by atoms with van der Waals surface area (Å²) in [5.41, 5.74) is 0.981. The number of likely N-dealkylation sites (tertiary alicyclic amines) is 1. The molecular formula is C25H30N2O4. The summed E-state index contributed by atoms with van der Waals surface area (Å²) >= 11 is 0. The van der Waals surface area contributed by atoms with E-state index in [2.05, 4.69) is 0 Å². The Labute approximate surface area is 183 Å². The van der Waals surface area contributed by atoms with E-state index in [1.165, 1.54) is 6.42 Å². The van der Waals surface area contributed by atoms with Crippen LogP contribution in [0.15, 0.2) is 59.6 Å². The van der Waals surface area contributed by atoms with Crippen LogP contribution in [0.1, 0.15) is 36.8 Å². The number of aliphatic hydroxyl groups is 1. The molecule has 1 atom stereocenters. The fourth-order valence-electron chi connectivity index (χ4n) is 4.14. The number of piperidine rings is 1. The van der Waals surface area contributed by atoms with E-state index in [9.17, 15) is 4.79 Å². The van der Waals surface area contributed by atoms with Crippen LogP contribution >= 0.6 is 0 Å². The van der Waals surface area contributed by atoms with Gasteiger partial charge in [-0.1, -0.05) is 30.3 Å². The topological polar surface area (TPSA) is 71.4 Å². The lowest BCUT2D eigenvalue weighted by atomic mass is 9.90. The Morgan fingerprint density at radius 1 is 1.06 bits per heavy atom. The number of hydrogen-bond donors (Lipinski definition) is 1. The monoisotopic (exact) mass is 422 g/mol. The van der Waals surface area contributed by atoms with E-state index < -0.39 is 5.54 Å². The second-order valence-corrected chi connectivity index (χ2v) is 8.20. The summed E-state index contributed by atoms with van der Waals surface area (Å²) in [6.07, 6.45) is 4.38. The van der Waals surface area contributed by atoms with E-state index in [1.807, 2.05) is 59.5 Å². The smallest absolute Gasteiger partial charge is 0.254 e. The third-order valence-electron chi connectivity index (χ3n) is 5.82. The van der Waals surface area contributed by atoms with Crippen LogP contribution in [0.2, 0.25) is 0 Å². The number of carbonyl (C=O) groups is 1. The molecule has 1 saturated heterocycles. The number of hydrogen-bond acceptors (Lipinski definition) is 5. The molecular weight excluding hydrogens is 392 g/mol. The highest BCUT2D eigenvalue weighted by Crippen LogP contribution is 2.30. The summed E-state index contributed by atoms with van der Waals surface area (Å²) in [5, 5.41) is 8.88. The minimum atomic E-state index is -0.926. The van der Waals surface area contributed by atoms with Gasteiger partial charge in [0.05, 0.1) is 6.61 Å². The van der Waals surface area contributed by atoms with Crippen molar-refractivity contribution in [2.75, 3.05) is 32.9 Å². The Morgan fingerprint density at radius 3 is 2.52 bits per heavy atom. The molecule has 0 unspecified atom stereocenters. The van der Waals surface area contributed by atoms with Gasteiger partial charge in [-0.15, -0.1) is 0 Å². The van der Waals surface area contributed by atoms with Gasteiger partial charge in [0.1, 0.15) is 12.4 Å². The molecule has 2 aliphatic rings. The highest BCUT2D eigenvalue weighted by Gasteiger charge is 2.46. The van der Waals surface area contributed by atoms with Crippen molar-refractivity contribution in [3.8, 4) is 5.75 Å². The fourth-order valence-corrected chi connectivity index (χ4v) is 4.14. The second kappa shape index (κ2) is 9.96. The summed E-state index contributed by atoms with van der Waals surface area (Å²) in [6.45, 7) is 2.41. The van der Waals surface area contributed by atoms with Crippen LogP contribution in [0.5, 0.6) is 5.75 Å². The molecule has 1 N–H and O–H groups in total. The molecule has 6 nitrogen and oxygen atoms in total. The molecule has 1 fully saturated rings. The van der Waals surface area contributed by atoms with Crippen molar-refractivity contribution >= 4 is 11.8 Å². The molecule has 2 aromatic rings. The fraction of sp³-hybridized carbons (Fsp3) is 0.440. The maximum absolute atomic E-state index is 13.6. The lowest BCUT2D eigenvalue weighted by Crippen LogP contribution is -2.51. The molecule has 4 rings (SSSR count). The highest BCUT2D eigenvalue weighted by atomic mass is 16.5. The van der Waals surface area contributed by atoms with Crippen LogP contribution in [-0.2, 0) is 16.0 Å². The normalized spacial score (nSPS) is 20.8. The van der Waals surface area contributed by atoms with Gasteiger partial charge < -0.3 is 19.5 Å². The van der Waals surface area contributed by atoms with E-state index in [-0.39, 0.29) is 19.1 Å². The molecule has 0 aromatic heterocycles. The molecule has 6 heteroatoms. The SMILES string of the molecule is O=C(N1CCCCC1)[C@@]1(Cc2ccccc2)COC(c2ccc(OCCCO)cc2)=N1. The summed E-state index contributed by atoms with van der Waals surface area (Å²) in [6, 6.07) is 17.6. The number of benzene rings is 2. The minimum Gasteiger partial charge on any atom is -0.494 e. The predicted molar refractivity (Wildman–Crippen MR) is 119 cm³/mol. The number of nitrogens with zero attached hydrogens (tertiary/aromatic N) is 2. The Morgan fingerprint density at radius 2 is 1.81 bits per heavy atom. The van der Waals surface area contributed by atoms with Crippen LogP contribution in [-0.4, -0.2) is 60.3 Å². The van der Waals surface area contributed by atoms with E-state index in [1.54, 1.807) is 0 Å². The molecule has 0 saturated carbocycles. The van der Waals surface area contributed by atoms with E-state index in [4.69, 9.17) is 19.6 Å². The first-order chi connectivity index (χ1) is 15.2. The van der Waals surface area contributed by atoms with Gasteiger partial charge in [0, 0.05) is 38.1 Å². The number of amides is 1. The second-order valence-electron chi connectivity index (χ2n) is 8.20. The van der Waals surface area contributed by atoms with Crippen molar-refractivity contribution in [3.63, 3.8) is 0 Å². The average Bonchev–Trinajstić information content (AvgIpc) is 3.25. The number of ether oxygens (including phenoxy) is 2. The minimum absolute atomic E-state index is 0.0648. The van der Waals surface area contributed by atoms with Gasteiger partial charge >= 0.3 is 0 Å². The Balaban J connectivity index is 1.57. The third kappa shape index (κ3) is 5.07. The number of aliphatic hydroxyl groups excluding tert-OH is 1. The molecule has 2 aliphatic heterocycles. The van der Waals surface area contributed by atoms with Crippen molar-refractivity contribution in [1.29, 1.82) is 0 Å². The zero-order valence-corrected chi connectivity index (χ0v) is 17.8. The number of rotatable bonds is 8. The van der Waals surface area contributed by atoms with Crippen LogP contribution in [0.4, 0.5) is 0 Å². The molecule has 164 valence electrons. The highest BCUT2D eigenvalue weighted by molar-refractivity contribution is 6.00. The lowest BCUT2D eigenvalue weighted by molar-refractivity contribution is -0.138. The number of carbonyl (C=O) groups excluding carboxylic acids is 1. The van der Waals surface area contributed by atoms with Gasteiger partial charge in [-0.25, -0.2) is 4.99 Å². The Hall–Kier alpha value is -2.86. The summed E-state index contributed by atoms with van der Waals surface area (Å²) in [7, 11) is 0. The van der Waals surface area contributed by atoms with Crippen LogP contribution in [0.3, 0.4) is 0 Å². The first kappa shape index (κ1) is 21.4. The van der Waals surface area contributed by atoms with Crippen molar-refractivity contribution in [2.24, 2.45) is 4.99 Å². The largest absolute Gasteiger partial charge is 0.494 e. The molecule has 0 radical (unpaired) electrons. The van der Waals surface area contributed by atoms with Crippen molar-refractivity contribution in [2.45, 2.75) is 37.6 Å². The van der Waals surface area contributed by atoms with Gasteiger partial charge in [-0.2, -0.15) is 0 Å². The molecule has 2 aromatic carbocycles. The van der Waals surface area contributed by atoms with E-state index in [0.29, 0.717) is 25.3 Å². The van der Waals surface area contributed by atoms with Crippen molar-refractivity contribution in [1.82, 2.24) is 4.90 Å². The van der Waals surface area contributed by atoms with Crippen LogP contribution in [0, 0.1) is 0 Å². The molecule has 0 spiro atoms. The summed E-state index contributed by atoms with van der Waals surface area (Å²) < 4.78 is 11.6. The summed E-state index contributed by atoms with van der Waals surface area (Å²) in [4.78, 5) is 20.5. The molecule has 2 heterocycles. The van der Waals surface area contributed by atoms with Crippen LogP contribution in [0.25, 0.3) is 0 Å². The first-order valence-corrected chi connectivity index (χ1v) is 11.1. The van der Waals surface area contributed by atoms with E-state index in [0.717, 1.165) is 42.8 Å². The molecule has 0 aliphatic carbocycles. The Bertz CT molecular complexity index is 891. The molecule has 0 bridgehead atoms. The molecule has 31 heavy (non-hydrogen) atoms. The maximum Gasteiger partial charge on any atom is 0.254 e. The van der Waals surface area contributed by atoms with Gasteiger partial charge in [0.25, 0.3) is 5.91 Å². The molecule has 1 amide bonds. The zero-order chi connectivity index (χ0) is 21.5. The predicted octanol–water partition coefficient (Wildman–Crippen LogP) is 3.22. The van der Waals surface area contributed by atoms with Crippen LogP contribution < -0.4 is 4.74 Å². The van der Waals surface area contributed by atoms with Gasteiger partial charge in [0.2, 0.25) is 5.90 Å². The Kier molecular flexibility index (Phi) is 6.87. The van der Waals surface area contributed by atoms with Gasteiger partial charge in [-0.3, -0.25) is 4.79 Å². The quantitative estimate of drug-likeness (QED) is 0.663. The maximum atomic E-state index is 13.6.